The van der Waals surface area contributed by atoms with E-state index in [4.69, 9.17) is 11.5 Å². The molecule has 342 valence electrons. The first-order valence-corrected chi connectivity index (χ1v) is 23.7. The third kappa shape index (κ3) is 25.9. The van der Waals surface area contributed by atoms with Gasteiger partial charge in [0.1, 0.15) is 18.1 Å². The number of hydrogen-bond donors (Lipinski definition) is 6. The quantitative estimate of drug-likeness (QED) is 0.0449. The molecule has 3 atom stereocenters. The Balaban J connectivity index is 2.76. The highest BCUT2D eigenvalue weighted by molar-refractivity contribution is 5.94. The standard InChI is InChI=1S/C45H86N8O6/c1-4-6-8-10-12-14-16-18-20-24-32-48-40(54)30-29-37(43(57)49-33-25-21-19-17-15-13-11-9-7-5-2)51-44(58)39-28-26-34-53(39)42(56)36-52(3)45(59)38(27-22-23-31-46)50-41(55)35-47/h37-39H,4-36,46-47H2,1-3H3,(H,48,54)(H,49,57)(H,50,55)(H,51,58)/t37-,38-,39-/m0/s1. The minimum absolute atomic E-state index is 0.0851. The maximum atomic E-state index is 13.8. The van der Waals surface area contributed by atoms with E-state index in [0.29, 0.717) is 58.3 Å². The van der Waals surface area contributed by atoms with Gasteiger partial charge in [0.05, 0.1) is 13.1 Å². The van der Waals surface area contributed by atoms with E-state index in [1.807, 2.05) is 0 Å². The lowest BCUT2D eigenvalue weighted by Gasteiger charge is -2.29. The maximum absolute atomic E-state index is 13.8. The van der Waals surface area contributed by atoms with Crippen molar-refractivity contribution in [2.45, 2.75) is 205 Å². The second-order valence-electron chi connectivity index (χ2n) is 16.7. The van der Waals surface area contributed by atoms with Crippen LogP contribution >= 0.6 is 0 Å². The van der Waals surface area contributed by atoms with Gasteiger partial charge in [0.25, 0.3) is 0 Å². The van der Waals surface area contributed by atoms with Gasteiger partial charge >= 0.3 is 0 Å². The zero-order chi connectivity index (χ0) is 43.5. The average Bonchev–Trinajstić information content (AvgIpc) is 3.73. The van der Waals surface area contributed by atoms with E-state index in [-0.39, 0.29) is 37.7 Å². The van der Waals surface area contributed by atoms with Crippen LogP contribution in [0.15, 0.2) is 0 Å². The molecule has 0 radical (unpaired) electrons. The summed E-state index contributed by atoms with van der Waals surface area (Å²) in [5.41, 5.74) is 11.1. The van der Waals surface area contributed by atoms with Gasteiger partial charge < -0.3 is 42.5 Å². The average molecular weight is 835 g/mol. The zero-order valence-corrected chi connectivity index (χ0v) is 37.6. The van der Waals surface area contributed by atoms with Gasteiger partial charge in [-0.1, -0.05) is 129 Å². The summed E-state index contributed by atoms with van der Waals surface area (Å²) in [7, 11) is 1.49. The van der Waals surface area contributed by atoms with Gasteiger partial charge in [0.15, 0.2) is 0 Å². The van der Waals surface area contributed by atoms with Crippen LogP contribution in [0.4, 0.5) is 0 Å². The van der Waals surface area contributed by atoms with Crippen molar-refractivity contribution >= 4 is 35.4 Å². The van der Waals surface area contributed by atoms with E-state index in [9.17, 15) is 28.8 Å². The number of rotatable bonds is 37. The predicted molar refractivity (Wildman–Crippen MR) is 237 cm³/mol. The van der Waals surface area contributed by atoms with Crippen LogP contribution in [0, 0.1) is 0 Å². The molecule has 14 nitrogen and oxygen atoms in total. The van der Waals surface area contributed by atoms with Gasteiger partial charge in [0.2, 0.25) is 35.4 Å². The number of unbranched alkanes of at least 4 members (excludes halogenated alkanes) is 19. The van der Waals surface area contributed by atoms with Crippen LogP contribution in [0.25, 0.3) is 0 Å². The molecule has 0 bridgehead atoms. The van der Waals surface area contributed by atoms with Crippen LogP contribution in [0.1, 0.15) is 187 Å². The van der Waals surface area contributed by atoms with E-state index >= 15 is 0 Å². The van der Waals surface area contributed by atoms with Crippen molar-refractivity contribution in [3.05, 3.63) is 0 Å². The number of amides is 6. The molecule has 1 fully saturated rings. The summed E-state index contributed by atoms with van der Waals surface area (Å²) in [6, 6.07) is -2.60. The number of carbonyl (C=O) groups excluding carboxylic acids is 6. The van der Waals surface area contributed by atoms with Crippen molar-refractivity contribution in [2.24, 2.45) is 11.5 Å². The third-order valence-electron chi connectivity index (χ3n) is 11.4. The molecule has 1 saturated heterocycles. The first kappa shape index (κ1) is 53.8. The molecule has 1 aliphatic heterocycles. The first-order chi connectivity index (χ1) is 28.6. The van der Waals surface area contributed by atoms with Crippen LogP contribution in [-0.2, 0) is 28.8 Å². The van der Waals surface area contributed by atoms with Gasteiger partial charge in [-0.15, -0.1) is 0 Å². The summed E-state index contributed by atoms with van der Waals surface area (Å²) in [5, 5.41) is 11.5. The Morgan fingerprint density at radius 2 is 1.15 bits per heavy atom. The van der Waals surface area contributed by atoms with Crippen molar-refractivity contribution in [3.63, 3.8) is 0 Å². The Bertz CT molecular complexity index is 1170. The molecule has 0 aromatic carbocycles. The fourth-order valence-corrected chi connectivity index (χ4v) is 7.67. The highest BCUT2D eigenvalue weighted by Crippen LogP contribution is 2.19. The predicted octanol–water partition coefficient (Wildman–Crippen LogP) is 5.35. The zero-order valence-electron chi connectivity index (χ0n) is 37.6. The number of nitrogens with two attached hydrogens (primary N) is 2. The van der Waals surface area contributed by atoms with Crippen molar-refractivity contribution in [3.8, 4) is 0 Å². The first-order valence-electron chi connectivity index (χ1n) is 23.7. The van der Waals surface area contributed by atoms with Gasteiger partial charge in [-0.25, -0.2) is 0 Å². The van der Waals surface area contributed by atoms with E-state index in [2.05, 4.69) is 35.1 Å². The van der Waals surface area contributed by atoms with Crippen molar-refractivity contribution < 1.29 is 28.8 Å². The lowest BCUT2D eigenvalue weighted by Crippen LogP contribution is -2.55. The largest absolute Gasteiger partial charge is 0.356 e. The minimum atomic E-state index is -0.934. The number of carbonyl (C=O) groups is 6. The normalized spacial score (nSPS) is 14.7. The van der Waals surface area contributed by atoms with Crippen LogP contribution in [-0.4, -0.2) is 110 Å². The second-order valence-corrected chi connectivity index (χ2v) is 16.7. The van der Waals surface area contributed by atoms with Crippen LogP contribution in [0.5, 0.6) is 0 Å². The minimum Gasteiger partial charge on any atom is -0.356 e. The number of nitrogens with one attached hydrogen (secondary N) is 4. The molecule has 0 aliphatic carbocycles. The number of nitrogens with zero attached hydrogens (tertiary/aromatic N) is 2. The maximum Gasteiger partial charge on any atom is 0.245 e. The molecule has 1 heterocycles. The van der Waals surface area contributed by atoms with E-state index in [1.165, 1.54) is 107 Å². The highest BCUT2D eigenvalue weighted by Gasteiger charge is 2.37. The molecule has 0 aromatic rings. The summed E-state index contributed by atoms with van der Waals surface area (Å²) in [6.07, 6.45) is 26.8. The monoisotopic (exact) mass is 835 g/mol. The molecular weight excluding hydrogens is 749 g/mol. The molecule has 0 aromatic heterocycles. The molecule has 0 unspecified atom stereocenters. The van der Waals surface area contributed by atoms with E-state index < -0.39 is 41.8 Å². The Hall–Kier alpha value is -3.26. The molecule has 1 aliphatic rings. The summed E-state index contributed by atoms with van der Waals surface area (Å²) in [4.78, 5) is 81.7. The van der Waals surface area contributed by atoms with Crippen LogP contribution in [0.3, 0.4) is 0 Å². The molecule has 0 spiro atoms. The SMILES string of the molecule is CCCCCCCCCCCCNC(=O)CC[C@H](NC(=O)[C@@H]1CCCN1C(=O)CN(C)C(=O)[C@H](CCCCN)NC(=O)CN)C(=O)NCCCCCCCCCCCC. The lowest BCUT2D eigenvalue weighted by atomic mass is 10.1. The third-order valence-corrected chi connectivity index (χ3v) is 11.4. The van der Waals surface area contributed by atoms with Gasteiger partial charge in [-0.2, -0.15) is 0 Å². The summed E-state index contributed by atoms with van der Waals surface area (Å²) >= 11 is 0. The van der Waals surface area contributed by atoms with Gasteiger partial charge in [-0.05, 0) is 57.9 Å². The Morgan fingerprint density at radius 1 is 0.627 bits per heavy atom. The molecule has 0 saturated carbocycles. The number of likely N-dealkylation sites (tertiary alicyclic amines) is 1. The molecule has 6 amide bonds. The topological polar surface area (TPSA) is 209 Å². The van der Waals surface area contributed by atoms with Crippen molar-refractivity contribution in [1.29, 1.82) is 0 Å². The lowest BCUT2D eigenvalue weighted by molar-refractivity contribution is -0.144. The Labute approximate surface area is 357 Å². The van der Waals surface area contributed by atoms with E-state index in [0.717, 1.165) is 38.5 Å². The van der Waals surface area contributed by atoms with Crippen molar-refractivity contribution in [2.75, 3.05) is 46.3 Å². The van der Waals surface area contributed by atoms with E-state index in [1.54, 1.807) is 0 Å². The van der Waals surface area contributed by atoms with Crippen LogP contribution < -0.4 is 32.7 Å². The van der Waals surface area contributed by atoms with Crippen LogP contribution in [0.2, 0.25) is 0 Å². The van der Waals surface area contributed by atoms with Gasteiger partial charge in [0, 0.05) is 33.1 Å². The molecule has 14 heteroatoms. The molecule has 1 rings (SSSR count). The smallest absolute Gasteiger partial charge is 0.245 e. The number of hydrogen-bond acceptors (Lipinski definition) is 8. The summed E-state index contributed by atoms with van der Waals surface area (Å²) in [6.45, 7) is 5.76. The summed E-state index contributed by atoms with van der Waals surface area (Å²) in [5.74, 6) is -2.25. The fourth-order valence-electron chi connectivity index (χ4n) is 7.67. The Morgan fingerprint density at radius 3 is 1.68 bits per heavy atom. The highest BCUT2D eigenvalue weighted by atomic mass is 16.2. The number of likely N-dealkylation sites (N-methyl/N-ethyl adjacent to an activating group) is 1. The van der Waals surface area contributed by atoms with Crippen molar-refractivity contribution in [1.82, 2.24) is 31.1 Å². The second kappa shape index (κ2) is 35.5. The van der Waals surface area contributed by atoms with Gasteiger partial charge in [-0.3, -0.25) is 28.8 Å². The fraction of sp³-hybridized carbons (Fsp3) is 0.867. The molecule has 8 N–H and O–H groups in total. The Kier molecular flexibility index (Phi) is 32.3. The molecule has 59 heavy (non-hydrogen) atoms. The molecular formula is C45H86N8O6. The summed E-state index contributed by atoms with van der Waals surface area (Å²) < 4.78 is 0.